The SMILES string of the molecule is CCCCOc1ccc(CC(CN)c2nc(C)cs2)cc1OC. The van der Waals surface area contributed by atoms with Gasteiger partial charge in [-0.25, -0.2) is 4.98 Å². The normalized spacial score (nSPS) is 12.2. The summed E-state index contributed by atoms with van der Waals surface area (Å²) in [5.41, 5.74) is 8.20. The van der Waals surface area contributed by atoms with Gasteiger partial charge >= 0.3 is 0 Å². The van der Waals surface area contributed by atoms with E-state index in [2.05, 4.69) is 23.4 Å². The van der Waals surface area contributed by atoms with Crippen molar-refractivity contribution in [1.82, 2.24) is 4.98 Å². The summed E-state index contributed by atoms with van der Waals surface area (Å²) in [4.78, 5) is 4.57. The number of nitrogens with zero attached hydrogens (tertiary/aromatic N) is 1. The summed E-state index contributed by atoms with van der Waals surface area (Å²) in [7, 11) is 1.68. The molecule has 2 aromatic rings. The Balaban J connectivity index is 2.10. The second kappa shape index (κ2) is 8.89. The van der Waals surface area contributed by atoms with Crippen molar-refractivity contribution >= 4 is 11.3 Å². The van der Waals surface area contributed by atoms with Crippen molar-refractivity contribution in [3.05, 3.63) is 39.8 Å². The Bertz CT molecular complexity index is 613. The number of aromatic nitrogens is 1. The number of unbranched alkanes of at least 4 members (excludes halogenated alkanes) is 1. The van der Waals surface area contributed by atoms with Crippen LogP contribution in [-0.4, -0.2) is 25.2 Å². The molecule has 4 nitrogen and oxygen atoms in total. The molecule has 5 heteroatoms. The molecular formula is C18H26N2O2S. The molecule has 0 saturated carbocycles. The van der Waals surface area contributed by atoms with Crippen LogP contribution in [0.1, 0.15) is 41.9 Å². The van der Waals surface area contributed by atoms with Crippen molar-refractivity contribution < 1.29 is 9.47 Å². The fourth-order valence-electron chi connectivity index (χ4n) is 2.40. The second-order valence-electron chi connectivity index (χ2n) is 5.65. The van der Waals surface area contributed by atoms with Gasteiger partial charge in [-0.3, -0.25) is 0 Å². The minimum atomic E-state index is 0.241. The first-order chi connectivity index (χ1) is 11.2. The molecule has 0 amide bonds. The molecule has 1 aromatic carbocycles. The number of rotatable bonds is 9. The summed E-state index contributed by atoms with van der Waals surface area (Å²) in [5.74, 6) is 1.83. The van der Waals surface area contributed by atoms with Gasteiger partial charge in [0.2, 0.25) is 0 Å². The third kappa shape index (κ3) is 4.94. The van der Waals surface area contributed by atoms with Crippen LogP contribution < -0.4 is 15.2 Å². The third-order valence-electron chi connectivity index (χ3n) is 3.74. The van der Waals surface area contributed by atoms with Crippen molar-refractivity contribution in [2.24, 2.45) is 5.73 Å². The smallest absolute Gasteiger partial charge is 0.161 e. The van der Waals surface area contributed by atoms with Crippen LogP contribution in [0.15, 0.2) is 23.6 Å². The monoisotopic (exact) mass is 334 g/mol. The zero-order valence-electron chi connectivity index (χ0n) is 14.2. The Kier molecular flexibility index (Phi) is 6.86. The summed E-state index contributed by atoms with van der Waals surface area (Å²) >= 11 is 1.68. The number of methoxy groups -OCH3 is 1. The first-order valence-corrected chi connectivity index (χ1v) is 8.97. The van der Waals surface area contributed by atoms with E-state index >= 15 is 0 Å². The van der Waals surface area contributed by atoms with Crippen LogP contribution in [-0.2, 0) is 6.42 Å². The van der Waals surface area contributed by atoms with Crippen molar-refractivity contribution in [3.63, 3.8) is 0 Å². The van der Waals surface area contributed by atoms with Gasteiger partial charge in [0.1, 0.15) is 0 Å². The van der Waals surface area contributed by atoms with E-state index < -0.39 is 0 Å². The molecule has 1 aromatic heterocycles. The molecule has 0 aliphatic heterocycles. The molecule has 1 atom stereocenters. The number of hydrogen-bond acceptors (Lipinski definition) is 5. The van der Waals surface area contributed by atoms with Gasteiger partial charge in [-0.15, -0.1) is 11.3 Å². The standard InChI is InChI=1S/C18H26N2O2S/c1-4-5-8-22-16-7-6-14(10-17(16)21-3)9-15(11-19)18-20-13(2)12-23-18/h6-7,10,12,15H,4-5,8-9,11,19H2,1-3H3. The zero-order chi connectivity index (χ0) is 16.7. The maximum absolute atomic E-state index is 5.95. The molecule has 0 fully saturated rings. The van der Waals surface area contributed by atoms with Crippen LogP contribution in [0.3, 0.4) is 0 Å². The number of ether oxygens (including phenoxy) is 2. The Morgan fingerprint density at radius 3 is 2.74 bits per heavy atom. The molecule has 23 heavy (non-hydrogen) atoms. The highest BCUT2D eigenvalue weighted by Crippen LogP contribution is 2.31. The van der Waals surface area contributed by atoms with Gasteiger partial charge in [0.15, 0.2) is 11.5 Å². The van der Waals surface area contributed by atoms with Crippen LogP contribution in [0, 0.1) is 6.92 Å². The highest BCUT2D eigenvalue weighted by atomic mass is 32.1. The Hall–Kier alpha value is -1.59. The molecule has 126 valence electrons. The molecule has 0 aliphatic carbocycles. The van der Waals surface area contributed by atoms with Gasteiger partial charge in [-0.1, -0.05) is 19.4 Å². The van der Waals surface area contributed by atoms with Gasteiger partial charge in [0, 0.05) is 23.5 Å². The van der Waals surface area contributed by atoms with Gasteiger partial charge in [-0.05, 0) is 37.5 Å². The fourth-order valence-corrected chi connectivity index (χ4v) is 3.31. The van der Waals surface area contributed by atoms with E-state index in [1.54, 1.807) is 18.4 Å². The van der Waals surface area contributed by atoms with E-state index in [9.17, 15) is 0 Å². The minimum Gasteiger partial charge on any atom is -0.493 e. The van der Waals surface area contributed by atoms with Gasteiger partial charge < -0.3 is 15.2 Å². The average Bonchev–Trinajstić information content (AvgIpc) is 3.00. The predicted molar refractivity (Wildman–Crippen MR) is 95.7 cm³/mol. The van der Waals surface area contributed by atoms with Gasteiger partial charge in [0.25, 0.3) is 0 Å². The second-order valence-corrected chi connectivity index (χ2v) is 6.54. The third-order valence-corrected chi connectivity index (χ3v) is 4.86. The van der Waals surface area contributed by atoms with Crippen LogP contribution in [0.5, 0.6) is 11.5 Å². The summed E-state index contributed by atoms with van der Waals surface area (Å²) in [6.45, 7) is 5.47. The molecule has 0 bridgehead atoms. The molecule has 0 saturated heterocycles. The Labute approximate surface area is 142 Å². The molecule has 2 N–H and O–H groups in total. The highest BCUT2D eigenvalue weighted by Gasteiger charge is 2.15. The maximum atomic E-state index is 5.95. The molecule has 1 unspecified atom stereocenters. The van der Waals surface area contributed by atoms with Crippen LogP contribution >= 0.6 is 11.3 Å². The maximum Gasteiger partial charge on any atom is 0.161 e. The zero-order valence-corrected chi connectivity index (χ0v) is 15.0. The summed E-state index contributed by atoms with van der Waals surface area (Å²) in [6, 6.07) is 6.13. The molecule has 1 heterocycles. The lowest BCUT2D eigenvalue weighted by Gasteiger charge is -2.15. The average molecular weight is 334 g/mol. The van der Waals surface area contributed by atoms with Crippen LogP contribution in [0.2, 0.25) is 0 Å². The fraction of sp³-hybridized carbons (Fsp3) is 0.500. The lowest BCUT2D eigenvalue weighted by atomic mass is 9.99. The number of nitrogens with two attached hydrogens (primary N) is 1. The first kappa shape index (κ1) is 17.8. The van der Waals surface area contributed by atoms with Gasteiger partial charge in [-0.2, -0.15) is 0 Å². The molecule has 2 rings (SSSR count). The van der Waals surface area contributed by atoms with E-state index in [1.807, 2.05) is 19.1 Å². The first-order valence-electron chi connectivity index (χ1n) is 8.09. The number of hydrogen-bond donors (Lipinski definition) is 1. The molecule has 0 aliphatic rings. The van der Waals surface area contributed by atoms with Crippen LogP contribution in [0.4, 0.5) is 0 Å². The topological polar surface area (TPSA) is 57.4 Å². The van der Waals surface area contributed by atoms with Crippen molar-refractivity contribution in [3.8, 4) is 11.5 Å². The van der Waals surface area contributed by atoms with Crippen molar-refractivity contribution in [1.29, 1.82) is 0 Å². The highest BCUT2D eigenvalue weighted by molar-refractivity contribution is 7.09. The largest absolute Gasteiger partial charge is 0.493 e. The number of aryl methyl sites for hydroxylation is 1. The summed E-state index contributed by atoms with van der Waals surface area (Å²) in [5, 5.41) is 3.18. The van der Waals surface area contributed by atoms with E-state index in [1.165, 1.54) is 5.56 Å². The quantitative estimate of drug-likeness (QED) is 0.706. The number of benzene rings is 1. The van der Waals surface area contributed by atoms with Crippen LogP contribution in [0.25, 0.3) is 0 Å². The molecule has 0 spiro atoms. The minimum absolute atomic E-state index is 0.241. The van der Waals surface area contributed by atoms with Crippen molar-refractivity contribution in [2.45, 2.75) is 39.0 Å². The lowest BCUT2D eigenvalue weighted by Crippen LogP contribution is -2.15. The Morgan fingerprint density at radius 1 is 1.30 bits per heavy atom. The Morgan fingerprint density at radius 2 is 2.13 bits per heavy atom. The van der Waals surface area contributed by atoms with E-state index in [4.69, 9.17) is 15.2 Å². The summed E-state index contributed by atoms with van der Waals surface area (Å²) < 4.78 is 11.3. The van der Waals surface area contributed by atoms with E-state index in [-0.39, 0.29) is 5.92 Å². The van der Waals surface area contributed by atoms with E-state index in [0.717, 1.165) is 48.1 Å². The van der Waals surface area contributed by atoms with E-state index in [0.29, 0.717) is 6.54 Å². The molecular weight excluding hydrogens is 308 g/mol. The lowest BCUT2D eigenvalue weighted by molar-refractivity contribution is 0.288. The van der Waals surface area contributed by atoms with Crippen molar-refractivity contribution in [2.75, 3.05) is 20.3 Å². The predicted octanol–water partition coefficient (Wildman–Crippen LogP) is 3.92. The summed E-state index contributed by atoms with van der Waals surface area (Å²) in [6.07, 6.45) is 3.02. The molecule has 0 radical (unpaired) electrons. The number of thiazole rings is 1. The van der Waals surface area contributed by atoms with Gasteiger partial charge in [0.05, 0.1) is 18.7 Å².